The van der Waals surface area contributed by atoms with Crippen molar-refractivity contribution in [2.45, 2.75) is 52.1 Å². The Morgan fingerprint density at radius 3 is 2.59 bits per heavy atom. The number of fused-ring (bicyclic) bond motifs is 1. The predicted molar refractivity (Wildman–Crippen MR) is 154 cm³/mol. The van der Waals surface area contributed by atoms with E-state index in [-0.39, 0.29) is 23.9 Å². The fourth-order valence-electron chi connectivity index (χ4n) is 5.27. The molecule has 212 valence electrons. The van der Waals surface area contributed by atoms with Crippen LogP contribution in [-0.4, -0.2) is 91.7 Å². The van der Waals surface area contributed by atoms with Gasteiger partial charge in [-0.1, -0.05) is 20.8 Å². The standard InChI is InChI=1S/C28H42N8O3/c1-8-22-27(38)35(6)23-16-29-28(32-25(23)36(22)34(5)17-18(2)3)31-21-10-9-19(15-24(21)39-7)26(37)30-20-11-13-33(4)14-12-20/h9-10,15-16,18,20,22H,8,11-14,17H2,1-7H3,(H,30,37)(H,29,31,32). The number of nitrogens with one attached hydrogen (secondary N) is 2. The minimum absolute atomic E-state index is 0.0145. The molecule has 1 aromatic heterocycles. The minimum atomic E-state index is -0.356. The van der Waals surface area contributed by atoms with Crippen molar-refractivity contribution in [3.05, 3.63) is 30.0 Å². The SMILES string of the molecule is CCC1C(=O)N(C)c2cnc(Nc3ccc(C(=O)NC4CCN(C)CC4)cc3OC)nc2N1N(C)CC(C)C. The molecule has 2 aromatic rings. The summed E-state index contributed by atoms with van der Waals surface area (Å²) in [4.78, 5) is 39.3. The summed E-state index contributed by atoms with van der Waals surface area (Å²) in [6, 6.07) is 5.13. The van der Waals surface area contributed by atoms with E-state index in [1.807, 2.05) is 19.0 Å². The highest BCUT2D eigenvalue weighted by molar-refractivity contribution is 6.04. The number of aromatic nitrogens is 2. The van der Waals surface area contributed by atoms with Crippen molar-refractivity contribution >= 4 is 35.0 Å². The maximum atomic E-state index is 13.1. The van der Waals surface area contributed by atoms with Gasteiger partial charge in [-0.2, -0.15) is 4.98 Å². The zero-order valence-corrected chi connectivity index (χ0v) is 24.2. The molecule has 11 heteroatoms. The van der Waals surface area contributed by atoms with Gasteiger partial charge in [0, 0.05) is 32.2 Å². The first kappa shape index (κ1) is 28.6. The van der Waals surface area contributed by atoms with Gasteiger partial charge in [-0.15, -0.1) is 0 Å². The summed E-state index contributed by atoms with van der Waals surface area (Å²) >= 11 is 0. The molecule has 1 unspecified atom stereocenters. The molecule has 0 saturated carbocycles. The van der Waals surface area contributed by atoms with Crippen molar-refractivity contribution in [2.24, 2.45) is 5.92 Å². The number of ether oxygens (including phenoxy) is 1. The molecule has 2 amide bonds. The number of amides is 2. The Labute approximate surface area is 231 Å². The number of piperidine rings is 1. The van der Waals surface area contributed by atoms with E-state index in [0.29, 0.717) is 46.8 Å². The topological polar surface area (TPSA) is 106 Å². The summed E-state index contributed by atoms with van der Waals surface area (Å²) in [5.41, 5.74) is 1.83. The van der Waals surface area contributed by atoms with E-state index in [2.05, 4.69) is 46.4 Å². The smallest absolute Gasteiger partial charge is 0.251 e. The third-order valence-corrected chi connectivity index (χ3v) is 7.39. The summed E-state index contributed by atoms with van der Waals surface area (Å²) in [6.07, 6.45) is 4.20. The summed E-state index contributed by atoms with van der Waals surface area (Å²) in [6.45, 7) is 9.03. The van der Waals surface area contributed by atoms with Crippen LogP contribution in [0.2, 0.25) is 0 Å². The van der Waals surface area contributed by atoms with Gasteiger partial charge in [-0.05, 0) is 63.5 Å². The summed E-state index contributed by atoms with van der Waals surface area (Å²) in [7, 11) is 7.42. The number of carbonyl (C=O) groups is 2. The van der Waals surface area contributed by atoms with Crippen LogP contribution in [-0.2, 0) is 4.79 Å². The number of rotatable bonds is 9. The molecule has 0 spiro atoms. The molecule has 3 heterocycles. The van der Waals surface area contributed by atoms with E-state index in [1.54, 1.807) is 43.5 Å². The number of likely N-dealkylation sites (N-methyl/N-ethyl adjacent to an activating group) is 1. The van der Waals surface area contributed by atoms with Gasteiger partial charge in [-0.25, -0.2) is 9.99 Å². The van der Waals surface area contributed by atoms with Crippen molar-refractivity contribution < 1.29 is 14.3 Å². The van der Waals surface area contributed by atoms with E-state index in [1.165, 1.54) is 0 Å². The maximum absolute atomic E-state index is 13.1. The lowest BCUT2D eigenvalue weighted by Crippen LogP contribution is -2.58. The van der Waals surface area contributed by atoms with E-state index in [9.17, 15) is 9.59 Å². The number of anilines is 4. The van der Waals surface area contributed by atoms with E-state index in [0.717, 1.165) is 32.5 Å². The van der Waals surface area contributed by atoms with Crippen LogP contribution < -0.4 is 25.3 Å². The molecule has 1 saturated heterocycles. The van der Waals surface area contributed by atoms with E-state index in [4.69, 9.17) is 9.72 Å². The predicted octanol–water partition coefficient (Wildman–Crippen LogP) is 3.12. The van der Waals surface area contributed by atoms with Crippen LogP contribution in [0.4, 0.5) is 23.1 Å². The second kappa shape index (κ2) is 12.2. The molecule has 0 aliphatic carbocycles. The molecule has 0 radical (unpaired) electrons. The van der Waals surface area contributed by atoms with Crippen molar-refractivity contribution in [3.8, 4) is 5.75 Å². The highest BCUT2D eigenvalue weighted by Gasteiger charge is 2.39. The first-order valence-electron chi connectivity index (χ1n) is 13.7. The molecule has 1 atom stereocenters. The molecule has 1 fully saturated rings. The average molecular weight is 539 g/mol. The molecule has 2 aliphatic heterocycles. The van der Waals surface area contributed by atoms with E-state index < -0.39 is 0 Å². The van der Waals surface area contributed by atoms with Crippen molar-refractivity contribution in [2.75, 3.05) is 63.1 Å². The van der Waals surface area contributed by atoms with Crippen molar-refractivity contribution in [3.63, 3.8) is 0 Å². The normalized spacial score (nSPS) is 18.5. The van der Waals surface area contributed by atoms with Gasteiger partial charge in [0.15, 0.2) is 5.82 Å². The minimum Gasteiger partial charge on any atom is -0.495 e. The van der Waals surface area contributed by atoms with Crippen LogP contribution in [0.25, 0.3) is 0 Å². The fourth-order valence-corrected chi connectivity index (χ4v) is 5.27. The molecular weight excluding hydrogens is 496 g/mol. The third kappa shape index (κ3) is 6.25. The highest BCUT2D eigenvalue weighted by atomic mass is 16.5. The first-order valence-corrected chi connectivity index (χ1v) is 13.7. The Hall–Kier alpha value is -3.44. The number of hydrogen-bond donors (Lipinski definition) is 2. The summed E-state index contributed by atoms with van der Waals surface area (Å²) < 4.78 is 5.62. The molecular formula is C28H42N8O3. The number of hydrogen-bond acceptors (Lipinski definition) is 9. The zero-order chi connectivity index (χ0) is 28.3. The molecule has 11 nitrogen and oxygen atoms in total. The quantitative estimate of drug-likeness (QED) is 0.498. The van der Waals surface area contributed by atoms with Gasteiger partial charge in [0.2, 0.25) is 5.95 Å². The second-order valence-corrected chi connectivity index (χ2v) is 10.9. The van der Waals surface area contributed by atoms with Crippen LogP contribution in [0, 0.1) is 5.92 Å². The Bertz CT molecular complexity index is 1180. The number of hydrazine groups is 1. The van der Waals surface area contributed by atoms with Gasteiger partial charge in [0.05, 0.1) is 19.0 Å². The molecule has 2 N–H and O–H groups in total. The Kier molecular flexibility index (Phi) is 8.91. The second-order valence-electron chi connectivity index (χ2n) is 10.9. The van der Waals surface area contributed by atoms with Crippen LogP contribution in [0.5, 0.6) is 5.75 Å². The van der Waals surface area contributed by atoms with Crippen LogP contribution in [0.15, 0.2) is 24.4 Å². The summed E-state index contributed by atoms with van der Waals surface area (Å²) in [5, 5.41) is 10.5. The van der Waals surface area contributed by atoms with Gasteiger partial charge in [0.25, 0.3) is 11.8 Å². The lowest BCUT2D eigenvalue weighted by molar-refractivity contribution is -0.120. The van der Waals surface area contributed by atoms with Crippen LogP contribution in [0.1, 0.15) is 50.4 Å². The Balaban J connectivity index is 1.58. The number of methoxy groups -OCH3 is 1. The van der Waals surface area contributed by atoms with Crippen molar-refractivity contribution in [1.29, 1.82) is 0 Å². The Morgan fingerprint density at radius 2 is 1.95 bits per heavy atom. The first-order chi connectivity index (χ1) is 18.6. The lowest BCUT2D eigenvalue weighted by Gasteiger charge is -2.44. The molecule has 4 rings (SSSR count). The highest BCUT2D eigenvalue weighted by Crippen LogP contribution is 2.37. The monoisotopic (exact) mass is 538 g/mol. The third-order valence-electron chi connectivity index (χ3n) is 7.39. The fraction of sp³-hybridized carbons (Fsp3) is 0.571. The number of benzene rings is 1. The van der Waals surface area contributed by atoms with E-state index >= 15 is 0 Å². The largest absolute Gasteiger partial charge is 0.495 e. The van der Waals surface area contributed by atoms with Crippen molar-refractivity contribution in [1.82, 2.24) is 25.2 Å². The molecule has 1 aromatic carbocycles. The van der Waals surface area contributed by atoms with Gasteiger partial charge >= 0.3 is 0 Å². The van der Waals surface area contributed by atoms with Crippen LogP contribution in [0.3, 0.4) is 0 Å². The zero-order valence-electron chi connectivity index (χ0n) is 24.2. The molecule has 39 heavy (non-hydrogen) atoms. The van der Waals surface area contributed by atoms with Gasteiger partial charge in [0.1, 0.15) is 17.5 Å². The Morgan fingerprint density at radius 1 is 1.23 bits per heavy atom. The molecule has 0 bridgehead atoms. The maximum Gasteiger partial charge on any atom is 0.251 e. The van der Waals surface area contributed by atoms with Crippen LogP contribution >= 0.6 is 0 Å². The van der Waals surface area contributed by atoms with Gasteiger partial charge < -0.3 is 25.2 Å². The molecule has 2 aliphatic rings. The lowest BCUT2D eigenvalue weighted by atomic mass is 10.0. The number of carbonyl (C=O) groups excluding carboxylic acids is 2. The number of nitrogens with zero attached hydrogens (tertiary/aromatic N) is 6. The average Bonchev–Trinajstić information content (AvgIpc) is 2.91. The number of likely N-dealkylation sites (tertiary alicyclic amines) is 1. The summed E-state index contributed by atoms with van der Waals surface area (Å²) in [5.74, 6) is 1.86. The van der Waals surface area contributed by atoms with Gasteiger partial charge in [-0.3, -0.25) is 14.6 Å².